The van der Waals surface area contributed by atoms with Crippen LogP contribution in [-0.4, -0.2) is 55.3 Å². The first-order valence-corrected chi connectivity index (χ1v) is 10.0. The van der Waals surface area contributed by atoms with E-state index in [2.05, 4.69) is 0 Å². The molecule has 1 fully saturated rings. The number of carbonyl (C=O) groups is 1. The molecule has 0 saturated carbocycles. The van der Waals surface area contributed by atoms with Crippen LogP contribution < -0.4 is 0 Å². The summed E-state index contributed by atoms with van der Waals surface area (Å²) in [7, 11) is -3.17. The number of thioether (sulfide) groups is 1. The Kier molecular flexibility index (Phi) is 5.11. The van der Waals surface area contributed by atoms with Gasteiger partial charge in [-0.1, -0.05) is 17.7 Å². The lowest BCUT2D eigenvalue weighted by atomic mass is 10.0. The van der Waals surface area contributed by atoms with Crippen LogP contribution in [0.1, 0.15) is 21.5 Å². The maximum Gasteiger partial charge on any atom is 0.177 e. The number of Topliss-reactive ketones (excluding diaryl/α,β-unsaturated/α-hetero) is 1. The number of rotatable bonds is 4. The number of aryl methyl sites for hydroxylation is 2. The number of ketones is 1. The smallest absolute Gasteiger partial charge is 0.177 e. The van der Waals surface area contributed by atoms with Gasteiger partial charge in [0, 0.05) is 29.9 Å². The van der Waals surface area contributed by atoms with Gasteiger partial charge in [-0.25, -0.2) is 8.42 Å². The molecule has 1 aromatic rings. The fraction of sp³-hybridized carbons (Fsp3) is 0.533. The lowest BCUT2D eigenvalue weighted by Crippen LogP contribution is -2.48. The monoisotopic (exact) mass is 327 g/mol. The number of hydrogen-bond donors (Lipinski definition) is 0. The van der Waals surface area contributed by atoms with Crippen molar-refractivity contribution in [3.05, 3.63) is 34.9 Å². The van der Waals surface area contributed by atoms with Crippen molar-refractivity contribution >= 4 is 27.4 Å². The van der Waals surface area contributed by atoms with Gasteiger partial charge < -0.3 is 0 Å². The summed E-state index contributed by atoms with van der Waals surface area (Å²) in [6.45, 7) is 4.67. The molecule has 4 nitrogen and oxygen atoms in total. The molecule has 1 atom stereocenters. The summed E-state index contributed by atoms with van der Waals surface area (Å²) in [5.74, 6) is 1.40. The minimum absolute atomic E-state index is 0.00301. The number of carbonyl (C=O) groups excluding carboxylic acids is 1. The van der Waals surface area contributed by atoms with Crippen molar-refractivity contribution in [2.75, 3.05) is 30.9 Å². The second-order valence-electron chi connectivity index (χ2n) is 5.57. The predicted molar refractivity (Wildman–Crippen MR) is 87.8 cm³/mol. The van der Waals surface area contributed by atoms with Crippen LogP contribution in [0.15, 0.2) is 18.2 Å². The molecule has 1 aliphatic heterocycles. The molecule has 0 aromatic heterocycles. The lowest BCUT2D eigenvalue weighted by Gasteiger charge is -2.33. The first-order valence-electron chi connectivity index (χ1n) is 6.90. The van der Waals surface area contributed by atoms with Crippen LogP contribution >= 0.6 is 11.8 Å². The second kappa shape index (κ2) is 6.50. The zero-order chi connectivity index (χ0) is 15.6. The molecule has 6 heteroatoms. The van der Waals surface area contributed by atoms with Crippen LogP contribution in [0.5, 0.6) is 0 Å². The number of sulfone groups is 1. The molecular formula is C15H21NO3S2. The minimum Gasteiger partial charge on any atom is -0.293 e. The van der Waals surface area contributed by atoms with Crippen molar-refractivity contribution in [3.63, 3.8) is 0 Å². The van der Waals surface area contributed by atoms with Gasteiger partial charge in [-0.2, -0.15) is 11.8 Å². The highest BCUT2D eigenvalue weighted by atomic mass is 32.2. The summed E-state index contributed by atoms with van der Waals surface area (Å²) in [5, 5.41) is -0.551. The zero-order valence-corrected chi connectivity index (χ0v) is 14.3. The van der Waals surface area contributed by atoms with E-state index in [4.69, 9.17) is 0 Å². The van der Waals surface area contributed by atoms with Crippen LogP contribution in [0.3, 0.4) is 0 Å². The molecule has 0 spiro atoms. The van der Waals surface area contributed by atoms with Crippen LogP contribution in [0.4, 0.5) is 0 Å². The Labute approximate surface area is 130 Å². The summed E-state index contributed by atoms with van der Waals surface area (Å²) in [5.41, 5.74) is 2.67. The van der Waals surface area contributed by atoms with E-state index in [0.717, 1.165) is 16.9 Å². The maximum atomic E-state index is 12.5. The SMILES string of the molecule is Cc1ccc(C)c(C(=O)CN2CCSCC2S(C)(=O)=O)c1. The quantitative estimate of drug-likeness (QED) is 0.791. The molecule has 1 heterocycles. The predicted octanol–water partition coefficient (Wildman–Crippen LogP) is 1.91. The molecule has 116 valence electrons. The van der Waals surface area contributed by atoms with Gasteiger partial charge in [-0.15, -0.1) is 0 Å². The van der Waals surface area contributed by atoms with E-state index in [1.165, 1.54) is 6.26 Å². The molecular weight excluding hydrogens is 306 g/mol. The van der Waals surface area contributed by atoms with Crippen LogP contribution in [0.25, 0.3) is 0 Å². The van der Waals surface area contributed by atoms with Crippen LogP contribution in [0.2, 0.25) is 0 Å². The largest absolute Gasteiger partial charge is 0.293 e. The normalized spacial score (nSPS) is 20.4. The third-order valence-electron chi connectivity index (χ3n) is 3.72. The van der Waals surface area contributed by atoms with Crippen molar-refractivity contribution < 1.29 is 13.2 Å². The number of nitrogens with zero attached hydrogens (tertiary/aromatic N) is 1. The number of hydrogen-bond acceptors (Lipinski definition) is 5. The Morgan fingerprint density at radius 3 is 2.76 bits per heavy atom. The Hall–Kier alpha value is -0.850. The molecule has 0 radical (unpaired) electrons. The van der Waals surface area contributed by atoms with Gasteiger partial charge in [0.15, 0.2) is 15.6 Å². The fourth-order valence-electron chi connectivity index (χ4n) is 2.50. The Bertz CT molecular complexity index is 640. The van der Waals surface area contributed by atoms with Crippen LogP contribution in [0, 0.1) is 13.8 Å². The van der Waals surface area contributed by atoms with E-state index in [1.54, 1.807) is 16.7 Å². The molecule has 21 heavy (non-hydrogen) atoms. The first-order chi connectivity index (χ1) is 9.79. The molecule has 1 unspecified atom stereocenters. The van der Waals surface area contributed by atoms with E-state index in [9.17, 15) is 13.2 Å². The van der Waals surface area contributed by atoms with E-state index in [0.29, 0.717) is 17.9 Å². The van der Waals surface area contributed by atoms with Gasteiger partial charge in [-0.3, -0.25) is 9.69 Å². The molecule has 1 saturated heterocycles. The molecule has 0 N–H and O–H groups in total. The number of benzene rings is 1. The highest BCUT2D eigenvalue weighted by Gasteiger charge is 2.32. The van der Waals surface area contributed by atoms with Crippen molar-refractivity contribution in [2.24, 2.45) is 0 Å². The molecule has 0 amide bonds. The summed E-state index contributed by atoms with van der Waals surface area (Å²) in [6, 6.07) is 5.79. The topological polar surface area (TPSA) is 54.5 Å². The van der Waals surface area contributed by atoms with E-state index in [1.807, 2.05) is 32.0 Å². The Balaban J connectivity index is 2.19. The average Bonchev–Trinajstić information content (AvgIpc) is 2.41. The van der Waals surface area contributed by atoms with E-state index in [-0.39, 0.29) is 12.3 Å². The summed E-state index contributed by atoms with van der Waals surface area (Å²) in [6.07, 6.45) is 1.25. The standard InChI is InChI=1S/C15H21NO3S2/c1-11-4-5-12(2)13(8-11)14(17)9-16-6-7-20-10-15(16)21(3,18)19/h4-5,8,15H,6-7,9-10H2,1-3H3. The third kappa shape index (κ3) is 4.08. The molecule has 1 aliphatic rings. The zero-order valence-electron chi connectivity index (χ0n) is 12.6. The first kappa shape index (κ1) is 16.5. The molecule has 0 aliphatic carbocycles. The highest BCUT2D eigenvalue weighted by molar-refractivity contribution is 8.00. The maximum absolute atomic E-state index is 12.5. The van der Waals surface area contributed by atoms with Crippen molar-refractivity contribution in [1.82, 2.24) is 4.90 Å². The lowest BCUT2D eigenvalue weighted by molar-refractivity contribution is 0.0927. The Morgan fingerprint density at radius 1 is 1.38 bits per heavy atom. The van der Waals surface area contributed by atoms with Gasteiger partial charge in [0.25, 0.3) is 0 Å². The molecule has 0 bridgehead atoms. The van der Waals surface area contributed by atoms with Crippen LogP contribution in [-0.2, 0) is 9.84 Å². The van der Waals surface area contributed by atoms with Gasteiger partial charge >= 0.3 is 0 Å². The summed E-state index contributed by atoms with van der Waals surface area (Å²) in [4.78, 5) is 14.3. The van der Waals surface area contributed by atoms with Crippen molar-refractivity contribution in [1.29, 1.82) is 0 Å². The van der Waals surface area contributed by atoms with Gasteiger partial charge in [0.05, 0.1) is 6.54 Å². The van der Waals surface area contributed by atoms with Crippen molar-refractivity contribution in [3.8, 4) is 0 Å². The summed E-state index contributed by atoms with van der Waals surface area (Å²) < 4.78 is 23.7. The summed E-state index contributed by atoms with van der Waals surface area (Å²) >= 11 is 1.63. The average molecular weight is 327 g/mol. The molecule has 2 rings (SSSR count). The van der Waals surface area contributed by atoms with Gasteiger partial charge in [-0.05, 0) is 25.5 Å². The van der Waals surface area contributed by atoms with Gasteiger partial charge in [0.1, 0.15) is 5.37 Å². The van der Waals surface area contributed by atoms with E-state index < -0.39 is 15.2 Å². The van der Waals surface area contributed by atoms with Gasteiger partial charge in [0.2, 0.25) is 0 Å². The van der Waals surface area contributed by atoms with E-state index >= 15 is 0 Å². The third-order valence-corrected chi connectivity index (χ3v) is 6.41. The minimum atomic E-state index is -3.17. The second-order valence-corrected chi connectivity index (χ2v) is 8.92. The molecule has 1 aromatic carbocycles. The highest BCUT2D eigenvalue weighted by Crippen LogP contribution is 2.21. The fourth-order valence-corrected chi connectivity index (χ4v) is 5.44. The Morgan fingerprint density at radius 2 is 2.10 bits per heavy atom. The van der Waals surface area contributed by atoms with Crippen molar-refractivity contribution in [2.45, 2.75) is 19.2 Å².